The van der Waals surface area contributed by atoms with Gasteiger partial charge in [0.2, 0.25) is 9.84 Å². The number of nitrogens with zero attached hydrogens (tertiary/aromatic N) is 1. The third kappa shape index (κ3) is 4.03. The summed E-state index contributed by atoms with van der Waals surface area (Å²) >= 11 is 0. The Bertz CT molecular complexity index is 1190. The first-order valence-corrected chi connectivity index (χ1v) is 11.4. The predicted octanol–water partition coefficient (Wildman–Crippen LogP) is 3.84. The number of amides is 1. The number of carbonyl (C=O) groups excluding carboxylic acids is 1. The molecule has 1 aliphatic rings. The van der Waals surface area contributed by atoms with Crippen LogP contribution in [0.1, 0.15) is 29.9 Å². The SMILES string of the molecule is Cc1c(S(=O)(=O)c2ccc(F)cc2)c(NC(=O)[C@@H]2CCCO2)n(Cc2ccco2)c1C. The zero-order chi connectivity index (χ0) is 22.2. The summed E-state index contributed by atoms with van der Waals surface area (Å²) in [6, 6.07) is 8.14. The Balaban J connectivity index is 1.84. The average Bonchev–Trinajstić information content (AvgIpc) is 3.48. The highest BCUT2D eigenvalue weighted by atomic mass is 32.2. The summed E-state index contributed by atoms with van der Waals surface area (Å²) in [4.78, 5) is 12.8. The van der Waals surface area contributed by atoms with Gasteiger partial charge in [0.15, 0.2) is 0 Å². The molecule has 1 amide bonds. The minimum absolute atomic E-state index is 0.0190. The van der Waals surface area contributed by atoms with Gasteiger partial charge in [0, 0.05) is 12.3 Å². The Morgan fingerprint density at radius 1 is 1.23 bits per heavy atom. The van der Waals surface area contributed by atoms with Crippen LogP contribution in [0.3, 0.4) is 0 Å². The van der Waals surface area contributed by atoms with Crippen molar-refractivity contribution in [2.45, 2.75) is 49.1 Å². The fraction of sp³-hybridized carbons (Fsp3) is 0.318. The lowest BCUT2D eigenvalue weighted by Crippen LogP contribution is -2.29. The summed E-state index contributed by atoms with van der Waals surface area (Å²) in [5, 5.41) is 2.79. The van der Waals surface area contributed by atoms with Crippen LogP contribution in [-0.4, -0.2) is 31.6 Å². The van der Waals surface area contributed by atoms with Gasteiger partial charge in [-0.15, -0.1) is 0 Å². The molecule has 164 valence electrons. The second-order valence-electron chi connectivity index (χ2n) is 7.50. The molecule has 0 saturated carbocycles. The number of nitrogens with one attached hydrogen (secondary N) is 1. The molecule has 0 spiro atoms. The lowest BCUT2D eigenvalue weighted by atomic mass is 10.2. The maximum absolute atomic E-state index is 13.5. The third-order valence-corrected chi connectivity index (χ3v) is 7.45. The maximum Gasteiger partial charge on any atom is 0.254 e. The first-order chi connectivity index (χ1) is 14.8. The Labute approximate surface area is 179 Å². The van der Waals surface area contributed by atoms with E-state index in [0.29, 0.717) is 30.0 Å². The summed E-state index contributed by atoms with van der Waals surface area (Å²) in [5.41, 5.74) is 1.17. The van der Waals surface area contributed by atoms with Gasteiger partial charge in [0.05, 0.1) is 17.7 Å². The van der Waals surface area contributed by atoms with Gasteiger partial charge in [-0.05, 0) is 68.7 Å². The molecule has 0 bridgehead atoms. The summed E-state index contributed by atoms with van der Waals surface area (Å²) in [7, 11) is -4.04. The van der Waals surface area contributed by atoms with Crippen molar-refractivity contribution in [3.8, 4) is 0 Å². The minimum Gasteiger partial charge on any atom is -0.467 e. The third-order valence-electron chi connectivity index (χ3n) is 5.52. The standard InChI is InChI=1S/C22H23FN2O5S/c1-14-15(2)25(13-17-5-3-11-29-17)21(24-22(26)19-6-4-12-30-19)20(14)31(27,28)18-9-7-16(23)8-10-18/h3,5,7-11,19H,4,6,12-13H2,1-2H3,(H,24,26)/t19-/m0/s1. The molecule has 3 heterocycles. The molecule has 1 N–H and O–H groups in total. The largest absolute Gasteiger partial charge is 0.467 e. The molecule has 1 atom stereocenters. The van der Waals surface area contributed by atoms with E-state index in [1.54, 1.807) is 30.5 Å². The summed E-state index contributed by atoms with van der Waals surface area (Å²) in [5.74, 6) is -0.173. The molecule has 1 saturated heterocycles. The molecule has 1 fully saturated rings. The van der Waals surface area contributed by atoms with Crippen LogP contribution in [0.4, 0.5) is 10.2 Å². The van der Waals surface area contributed by atoms with E-state index in [-0.39, 0.29) is 22.2 Å². The van der Waals surface area contributed by atoms with Gasteiger partial charge < -0.3 is 19.0 Å². The van der Waals surface area contributed by atoms with E-state index in [2.05, 4.69) is 5.32 Å². The van der Waals surface area contributed by atoms with Crippen LogP contribution in [0.15, 0.2) is 56.9 Å². The van der Waals surface area contributed by atoms with Crippen molar-refractivity contribution in [1.82, 2.24) is 4.57 Å². The van der Waals surface area contributed by atoms with E-state index in [1.807, 2.05) is 0 Å². The molecule has 0 unspecified atom stereocenters. The summed E-state index contributed by atoms with van der Waals surface area (Å²) < 4.78 is 53.0. The fourth-order valence-electron chi connectivity index (χ4n) is 3.76. The summed E-state index contributed by atoms with van der Waals surface area (Å²) in [6.07, 6.45) is 2.24. The van der Waals surface area contributed by atoms with Gasteiger partial charge >= 0.3 is 0 Å². The molecule has 9 heteroatoms. The zero-order valence-corrected chi connectivity index (χ0v) is 18.0. The quantitative estimate of drug-likeness (QED) is 0.581. The van der Waals surface area contributed by atoms with Crippen molar-refractivity contribution in [3.63, 3.8) is 0 Å². The second kappa shape index (κ2) is 8.32. The molecule has 7 nitrogen and oxygen atoms in total. The van der Waals surface area contributed by atoms with Crippen LogP contribution in [0.25, 0.3) is 0 Å². The van der Waals surface area contributed by atoms with Crippen molar-refractivity contribution in [3.05, 3.63) is 65.5 Å². The molecule has 1 aromatic carbocycles. The number of anilines is 1. The molecule has 0 aliphatic carbocycles. The van der Waals surface area contributed by atoms with Crippen LogP contribution in [0.5, 0.6) is 0 Å². The van der Waals surface area contributed by atoms with Crippen LogP contribution in [0, 0.1) is 19.7 Å². The first kappa shape index (κ1) is 21.3. The average molecular weight is 447 g/mol. The van der Waals surface area contributed by atoms with E-state index in [0.717, 1.165) is 18.6 Å². The second-order valence-corrected chi connectivity index (χ2v) is 9.39. The van der Waals surface area contributed by atoms with Crippen molar-refractivity contribution in [1.29, 1.82) is 0 Å². The van der Waals surface area contributed by atoms with Crippen LogP contribution in [-0.2, 0) is 25.9 Å². The highest BCUT2D eigenvalue weighted by Crippen LogP contribution is 2.36. The highest BCUT2D eigenvalue weighted by molar-refractivity contribution is 7.91. The number of hydrogen-bond acceptors (Lipinski definition) is 5. The lowest BCUT2D eigenvalue weighted by Gasteiger charge is -2.16. The van der Waals surface area contributed by atoms with Crippen molar-refractivity contribution in [2.75, 3.05) is 11.9 Å². The fourth-order valence-corrected chi connectivity index (χ4v) is 5.45. The maximum atomic E-state index is 13.5. The summed E-state index contributed by atoms with van der Waals surface area (Å²) in [6.45, 7) is 4.19. The Hall–Kier alpha value is -2.91. The molecule has 4 rings (SSSR count). The Morgan fingerprint density at radius 2 is 1.97 bits per heavy atom. The Kier molecular flexibility index (Phi) is 5.72. The Morgan fingerprint density at radius 3 is 2.58 bits per heavy atom. The molecular weight excluding hydrogens is 423 g/mol. The van der Waals surface area contributed by atoms with Gasteiger partial charge in [-0.2, -0.15) is 0 Å². The van der Waals surface area contributed by atoms with Gasteiger partial charge in [-0.25, -0.2) is 12.8 Å². The zero-order valence-electron chi connectivity index (χ0n) is 17.2. The molecule has 31 heavy (non-hydrogen) atoms. The number of sulfone groups is 1. The molecule has 0 radical (unpaired) electrons. The molecular formula is C22H23FN2O5S. The highest BCUT2D eigenvalue weighted by Gasteiger charge is 2.33. The molecule has 1 aliphatic heterocycles. The first-order valence-electron chi connectivity index (χ1n) is 9.94. The van der Waals surface area contributed by atoms with Gasteiger partial charge in [-0.3, -0.25) is 4.79 Å². The van der Waals surface area contributed by atoms with Crippen molar-refractivity contribution in [2.24, 2.45) is 0 Å². The van der Waals surface area contributed by atoms with E-state index >= 15 is 0 Å². The van der Waals surface area contributed by atoms with E-state index in [4.69, 9.17) is 9.15 Å². The van der Waals surface area contributed by atoms with Crippen molar-refractivity contribution >= 4 is 21.6 Å². The predicted molar refractivity (Wildman–Crippen MR) is 111 cm³/mol. The topological polar surface area (TPSA) is 90.5 Å². The molecule has 2 aromatic heterocycles. The minimum atomic E-state index is -4.04. The number of rotatable bonds is 6. The number of halogens is 1. The van der Waals surface area contributed by atoms with Gasteiger partial charge in [0.1, 0.15) is 28.4 Å². The number of aromatic nitrogens is 1. The van der Waals surface area contributed by atoms with E-state index in [1.165, 1.54) is 18.4 Å². The monoisotopic (exact) mass is 446 g/mol. The van der Waals surface area contributed by atoms with E-state index < -0.39 is 27.7 Å². The number of benzene rings is 1. The van der Waals surface area contributed by atoms with Crippen molar-refractivity contribution < 1.29 is 26.8 Å². The van der Waals surface area contributed by atoms with Gasteiger partial charge in [0.25, 0.3) is 5.91 Å². The van der Waals surface area contributed by atoms with Crippen LogP contribution in [0.2, 0.25) is 0 Å². The normalized spacial score (nSPS) is 16.5. The van der Waals surface area contributed by atoms with Crippen LogP contribution >= 0.6 is 0 Å². The number of hydrogen-bond donors (Lipinski definition) is 1. The van der Waals surface area contributed by atoms with Gasteiger partial charge in [-0.1, -0.05) is 0 Å². The molecule has 3 aromatic rings. The number of furan rings is 1. The number of carbonyl (C=O) groups is 1. The van der Waals surface area contributed by atoms with E-state index in [9.17, 15) is 17.6 Å². The van der Waals surface area contributed by atoms with Crippen LogP contribution < -0.4 is 5.32 Å². The number of ether oxygens (including phenoxy) is 1. The smallest absolute Gasteiger partial charge is 0.254 e. The lowest BCUT2D eigenvalue weighted by molar-refractivity contribution is -0.124.